The Bertz CT molecular complexity index is 536. The van der Waals surface area contributed by atoms with Gasteiger partial charge >= 0.3 is 5.97 Å². The monoisotopic (exact) mass is 261 g/mol. The fraction of sp³-hybridized carbons (Fsp3) is 0.214. The molecule has 94 valence electrons. The van der Waals surface area contributed by atoms with E-state index in [9.17, 15) is 9.90 Å². The lowest BCUT2D eigenvalue weighted by Crippen LogP contribution is -2.23. The summed E-state index contributed by atoms with van der Waals surface area (Å²) in [5.74, 6) is -0.893. The maximum atomic E-state index is 11.2. The van der Waals surface area contributed by atoms with Crippen LogP contribution in [0.3, 0.4) is 0 Å². The van der Waals surface area contributed by atoms with Gasteiger partial charge in [-0.05, 0) is 30.5 Å². The van der Waals surface area contributed by atoms with Crippen LogP contribution in [0, 0.1) is 0 Å². The number of para-hydroxylation sites is 1. The average molecular weight is 261 g/mol. The van der Waals surface area contributed by atoms with Gasteiger partial charge in [0.25, 0.3) is 0 Å². The number of nitrogens with zero attached hydrogens (tertiary/aromatic N) is 1. The Morgan fingerprint density at radius 2 is 2.00 bits per heavy atom. The van der Waals surface area contributed by atoms with E-state index < -0.39 is 5.97 Å². The number of rotatable bonds is 4. The molecule has 4 heteroatoms. The highest BCUT2D eigenvalue weighted by atomic mass is 32.1. The highest BCUT2D eigenvalue weighted by Crippen LogP contribution is 2.30. The molecule has 2 rings (SSSR count). The third-order valence-electron chi connectivity index (χ3n) is 3.05. The molecule has 0 aliphatic rings. The standard InChI is InChI=1S/C14H15NO2S/c1-10(13-8-5-9-18-13)15(2)12-7-4-3-6-11(12)14(16)17/h3-10H,1-2H3,(H,16,17). The van der Waals surface area contributed by atoms with Crippen molar-refractivity contribution in [3.63, 3.8) is 0 Å². The molecule has 1 atom stereocenters. The summed E-state index contributed by atoms with van der Waals surface area (Å²) >= 11 is 1.68. The first kappa shape index (κ1) is 12.6. The van der Waals surface area contributed by atoms with E-state index in [1.54, 1.807) is 23.5 Å². The van der Waals surface area contributed by atoms with Gasteiger partial charge < -0.3 is 10.0 Å². The number of carboxylic acids is 1. The number of carboxylic acid groups (broad SMARTS) is 1. The molecule has 2 aromatic rings. The summed E-state index contributed by atoms with van der Waals surface area (Å²) in [6.07, 6.45) is 0. The fourth-order valence-corrected chi connectivity index (χ4v) is 2.72. The fourth-order valence-electron chi connectivity index (χ4n) is 1.89. The molecule has 1 N–H and O–H groups in total. The second-order valence-electron chi connectivity index (χ2n) is 4.12. The van der Waals surface area contributed by atoms with Gasteiger partial charge in [-0.25, -0.2) is 4.79 Å². The molecule has 1 unspecified atom stereocenters. The second kappa shape index (κ2) is 5.23. The summed E-state index contributed by atoms with van der Waals surface area (Å²) in [6, 6.07) is 11.3. The maximum absolute atomic E-state index is 11.2. The van der Waals surface area contributed by atoms with E-state index >= 15 is 0 Å². The number of benzene rings is 1. The van der Waals surface area contributed by atoms with Crippen molar-refractivity contribution >= 4 is 23.0 Å². The van der Waals surface area contributed by atoms with Crippen LogP contribution >= 0.6 is 11.3 Å². The molecule has 18 heavy (non-hydrogen) atoms. The molecule has 1 heterocycles. The topological polar surface area (TPSA) is 40.5 Å². The number of carbonyl (C=O) groups is 1. The van der Waals surface area contributed by atoms with Crippen LogP contribution in [0.4, 0.5) is 5.69 Å². The van der Waals surface area contributed by atoms with Crippen LogP contribution in [0.15, 0.2) is 41.8 Å². The Hall–Kier alpha value is -1.81. The zero-order chi connectivity index (χ0) is 13.1. The Morgan fingerprint density at radius 1 is 1.28 bits per heavy atom. The van der Waals surface area contributed by atoms with Gasteiger partial charge in [-0.1, -0.05) is 18.2 Å². The molecule has 0 amide bonds. The molecule has 0 aliphatic carbocycles. The number of thiophene rings is 1. The molecule has 1 aromatic heterocycles. The van der Waals surface area contributed by atoms with E-state index in [1.165, 1.54) is 4.88 Å². The molecule has 3 nitrogen and oxygen atoms in total. The largest absolute Gasteiger partial charge is 0.478 e. The normalized spacial score (nSPS) is 12.1. The van der Waals surface area contributed by atoms with Gasteiger partial charge in [0.05, 0.1) is 17.3 Å². The van der Waals surface area contributed by atoms with Crippen molar-refractivity contribution in [1.29, 1.82) is 0 Å². The summed E-state index contributed by atoms with van der Waals surface area (Å²) in [6.45, 7) is 2.07. The predicted octanol–water partition coefficient (Wildman–Crippen LogP) is 3.64. The van der Waals surface area contributed by atoms with Gasteiger partial charge in [-0.15, -0.1) is 11.3 Å². The lowest BCUT2D eigenvalue weighted by atomic mass is 10.1. The molecule has 0 aliphatic heterocycles. The summed E-state index contributed by atoms with van der Waals surface area (Å²) in [5, 5.41) is 11.2. The van der Waals surface area contributed by atoms with Gasteiger partial charge in [0.2, 0.25) is 0 Å². The Balaban J connectivity index is 2.34. The van der Waals surface area contributed by atoms with E-state index in [-0.39, 0.29) is 6.04 Å². The van der Waals surface area contributed by atoms with Gasteiger partial charge in [-0.3, -0.25) is 0 Å². The first-order valence-electron chi connectivity index (χ1n) is 5.70. The minimum absolute atomic E-state index is 0.158. The molecular formula is C14H15NO2S. The molecule has 0 spiro atoms. The van der Waals surface area contributed by atoms with Crippen molar-refractivity contribution in [1.82, 2.24) is 0 Å². The molecular weight excluding hydrogens is 246 g/mol. The number of aromatic carboxylic acids is 1. The molecule has 0 fully saturated rings. The second-order valence-corrected chi connectivity index (χ2v) is 5.10. The summed E-state index contributed by atoms with van der Waals surface area (Å²) in [5.41, 5.74) is 1.08. The van der Waals surface area contributed by atoms with Crippen LogP contribution in [0.25, 0.3) is 0 Å². The van der Waals surface area contributed by atoms with Crippen molar-refractivity contribution in [2.45, 2.75) is 13.0 Å². The smallest absolute Gasteiger partial charge is 0.337 e. The molecule has 1 aromatic carbocycles. The van der Waals surface area contributed by atoms with Crippen LogP contribution in [0.1, 0.15) is 28.2 Å². The van der Waals surface area contributed by atoms with Gasteiger partial charge in [0, 0.05) is 11.9 Å². The number of hydrogen-bond donors (Lipinski definition) is 1. The maximum Gasteiger partial charge on any atom is 0.337 e. The third kappa shape index (κ3) is 2.38. The van der Waals surface area contributed by atoms with E-state index in [0.717, 1.165) is 5.69 Å². The Kier molecular flexibility index (Phi) is 3.67. The van der Waals surface area contributed by atoms with Crippen LogP contribution in [-0.2, 0) is 0 Å². The van der Waals surface area contributed by atoms with Gasteiger partial charge in [-0.2, -0.15) is 0 Å². The Labute approximate surface area is 110 Å². The van der Waals surface area contributed by atoms with Gasteiger partial charge in [0.1, 0.15) is 0 Å². The molecule has 0 saturated carbocycles. The van der Waals surface area contributed by atoms with Crippen LogP contribution in [0.2, 0.25) is 0 Å². The van der Waals surface area contributed by atoms with Crippen molar-refractivity contribution in [3.8, 4) is 0 Å². The first-order chi connectivity index (χ1) is 8.61. The quantitative estimate of drug-likeness (QED) is 0.913. The van der Waals surface area contributed by atoms with E-state index in [1.807, 2.05) is 35.5 Å². The lowest BCUT2D eigenvalue weighted by Gasteiger charge is -2.27. The summed E-state index contributed by atoms with van der Waals surface area (Å²) in [4.78, 5) is 14.4. The zero-order valence-electron chi connectivity index (χ0n) is 10.3. The molecule has 0 saturated heterocycles. The van der Waals surface area contributed by atoms with Crippen LogP contribution < -0.4 is 4.90 Å². The SMILES string of the molecule is CC(c1cccs1)N(C)c1ccccc1C(=O)O. The predicted molar refractivity (Wildman–Crippen MR) is 74.5 cm³/mol. The zero-order valence-corrected chi connectivity index (χ0v) is 11.1. The summed E-state index contributed by atoms with van der Waals surface area (Å²) in [7, 11) is 1.92. The van der Waals surface area contributed by atoms with E-state index in [0.29, 0.717) is 5.56 Å². The lowest BCUT2D eigenvalue weighted by molar-refractivity contribution is 0.0697. The average Bonchev–Trinajstić information content (AvgIpc) is 2.90. The highest BCUT2D eigenvalue weighted by molar-refractivity contribution is 7.10. The highest BCUT2D eigenvalue weighted by Gasteiger charge is 2.18. The summed E-state index contributed by atoms with van der Waals surface area (Å²) < 4.78 is 0. The van der Waals surface area contributed by atoms with Crippen LogP contribution in [-0.4, -0.2) is 18.1 Å². The number of hydrogen-bond acceptors (Lipinski definition) is 3. The molecule has 0 bridgehead atoms. The number of anilines is 1. The minimum Gasteiger partial charge on any atom is -0.478 e. The van der Waals surface area contributed by atoms with Crippen molar-refractivity contribution in [2.75, 3.05) is 11.9 Å². The van der Waals surface area contributed by atoms with Crippen molar-refractivity contribution < 1.29 is 9.90 Å². The van der Waals surface area contributed by atoms with Crippen molar-refractivity contribution in [2.24, 2.45) is 0 Å². The molecule has 0 radical (unpaired) electrons. The Morgan fingerprint density at radius 3 is 2.61 bits per heavy atom. The van der Waals surface area contributed by atoms with Crippen molar-refractivity contribution in [3.05, 3.63) is 52.2 Å². The minimum atomic E-state index is -0.893. The third-order valence-corrected chi connectivity index (χ3v) is 4.09. The van der Waals surface area contributed by atoms with E-state index in [4.69, 9.17) is 0 Å². The van der Waals surface area contributed by atoms with Crippen LogP contribution in [0.5, 0.6) is 0 Å². The van der Waals surface area contributed by atoms with E-state index in [2.05, 4.69) is 13.0 Å². The van der Waals surface area contributed by atoms with Gasteiger partial charge in [0.15, 0.2) is 0 Å². The first-order valence-corrected chi connectivity index (χ1v) is 6.57.